The normalized spacial score (nSPS) is 22.0. The summed E-state index contributed by atoms with van der Waals surface area (Å²) < 4.78 is 4.79. The topological polar surface area (TPSA) is 189 Å². The highest BCUT2D eigenvalue weighted by Gasteiger charge is 2.41. The number of methoxy groups -OCH3 is 1. The molecular formula is C48H55N9O6. The van der Waals surface area contributed by atoms with E-state index >= 15 is 0 Å². The van der Waals surface area contributed by atoms with Gasteiger partial charge in [-0.3, -0.25) is 9.59 Å². The summed E-state index contributed by atoms with van der Waals surface area (Å²) in [6.07, 6.45) is 12.9. The van der Waals surface area contributed by atoms with Gasteiger partial charge in [0.1, 0.15) is 23.7 Å². The lowest BCUT2D eigenvalue weighted by Gasteiger charge is -2.33. The number of aliphatic hydroxyl groups excluding tert-OH is 1. The summed E-state index contributed by atoms with van der Waals surface area (Å²) in [5.74, 6) is 0.894. The number of alkyl carbamates (subject to hydrolysis) is 1. The Morgan fingerprint density at radius 1 is 0.810 bits per heavy atom. The van der Waals surface area contributed by atoms with Crippen LogP contribution in [0.15, 0.2) is 85.1 Å². The number of allylic oxidation sites excluding steroid dienone is 3. The van der Waals surface area contributed by atoms with Crippen molar-refractivity contribution in [1.82, 2.24) is 45.3 Å². The van der Waals surface area contributed by atoms with Gasteiger partial charge in [0.25, 0.3) is 0 Å². The van der Waals surface area contributed by atoms with Crippen molar-refractivity contribution in [3.63, 3.8) is 0 Å². The maximum Gasteiger partial charge on any atom is 0.407 e. The number of hydrogen-bond acceptors (Lipinski definition) is 8. The first-order valence-electron chi connectivity index (χ1n) is 22.2. The molecule has 15 nitrogen and oxygen atoms in total. The maximum atomic E-state index is 14.3. The first-order chi connectivity index (χ1) is 30.5. The molecule has 2 aromatic heterocycles. The van der Waals surface area contributed by atoms with E-state index in [2.05, 4.69) is 69.1 Å². The fraction of sp³-hybridized carbons (Fsp3) is 0.417. The number of aromatic nitrogens is 4. The zero-order valence-electron chi connectivity index (χ0n) is 35.9. The number of urea groups is 1. The van der Waals surface area contributed by atoms with E-state index < -0.39 is 24.3 Å². The number of β-amino-alcohol motifs (C(OH)–C–C–N with tert-alkyl or cyclic N) is 1. The number of hydrogen-bond donors (Lipinski definition) is 5. The van der Waals surface area contributed by atoms with Crippen molar-refractivity contribution in [2.24, 2.45) is 11.8 Å². The number of rotatable bonds is 10. The van der Waals surface area contributed by atoms with Crippen LogP contribution in [0.4, 0.5) is 9.59 Å². The van der Waals surface area contributed by atoms with E-state index in [-0.39, 0.29) is 48.3 Å². The molecule has 5 N–H and O–H groups in total. The lowest BCUT2D eigenvalue weighted by atomic mass is 9.91. The van der Waals surface area contributed by atoms with Crippen LogP contribution in [-0.2, 0) is 14.3 Å². The highest BCUT2D eigenvalue weighted by atomic mass is 16.5. The van der Waals surface area contributed by atoms with Gasteiger partial charge in [-0.25, -0.2) is 19.6 Å². The first-order valence-corrected chi connectivity index (χ1v) is 22.2. The number of aromatic amines is 2. The first kappa shape index (κ1) is 41.9. The van der Waals surface area contributed by atoms with Crippen molar-refractivity contribution >= 4 is 45.7 Å². The van der Waals surface area contributed by atoms with Gasteiger partial charge in [0.15, 0.2) is 0 Å². The molecule has 5 aromatic rings. The molecule has 15 heteroatoms. The summed E-state index contributed by atoms with van der Waals surface area (Å²) in [7, 11) is 1.29. The van der Waals surface area contributed by atoms with Crippen LogP contribution in [0.3, 0.4) is 0 Å². The fourth-order valence-corrected chi connectivity index (χ4v) is 9.65. The van der Waals surface area contributed by atoms with Crippen LogP contribution in [0.2, 0.25) is 0 Å². The number of likely N-dealkylation sites (tertiary alicyclic amines) is 3. The average molecular weight is 854 g/mol. The van der Waals surface area contributed by atoms with Gasteiger partial charge in [-0.1, -0.05) is 68.5 Å². The summed E-state index contributed by atoms with van der Waals surface area (Å²) in [6, 6.07) is 16.7. The van der Waals surface area contributed by atoms with E-state index in [1.807, 2.05) is 60.2 Å². The van der Waals surface area contributed by atoms with Crippen molar-refractivity contribution in [2.75, 3.05) is 33.3 Å². The molecule has 63 heavy (non-hydrogen) atoms. The number of imidazole rings is 2. The predicted octanol–water partition coefficient (Wildman–Crippen LogP) is 6.76. The molecular weight excluding hydrogens is 799 g/mol. The zero-order valence-corrected chi connectivity index (χ0v) is 35.9. The number of carbonyl (C=O) groups excluding carboxylic acids is 4. The summed E-state index contributed by atoms with van der Waals surface area (Å²) in [5.41, 5.74) is 5.63. The molecule has 1 aliphatic carbocycles. The van der Waals surface area contributed by atoms with Crippen molar-refractivity contribution in [3.8, 4) is 22.4 Å². The minimum atomic E-state index is -0.738. The largest absolute Gasteiger partial charge is 0.453 e. The smallest absolute Gasteiger partial charge is 0.407 e. The molecule has 0 bridgehead atoms. The number of ether oxygens (including phenoxy) is 1. The Morgan fingerprint density at radius 2 is 1.51 bits per heavy atom. The molecule has 0 saturated carbocycles. The van der Waals surface area contributed by atoms with Gasteiger partial charge in [-0.05, 0) is 90.6 Å². The lowest BCUT2D eigenvalue weighted by molar-refractivity contribution is -0.136. The van der Waals surface area contributed by atoms with E-state index in [1.54, 1.807) is 4.90 Å². The number of aliphatic hydroxyl groups is 1. The second-order valence-corrected chi connectivity index (χ2v) is 17.6. The molecule has 4 aliphatic rings. The minimum Gasteiger partial charge on any atom is -0.453 e. The van der Waals surface area contributed by atoms with Crippen LogP contribution in [0.5, 0.6) is 0 Å². The molecule has 9 rings (SSSR count). The molecule has 0 radical (unpaired) electrons. The molecule has 3 aromatic carbocycles. The molecule has 6 unspecified atom stereocenters. The third-order valence-electron chi connectivity index (χ3n) is 13.1. The number of nitrogens with zero attached hydrogens (tertiary/aromatic N) is 5. The van der Waals surface area contributed by atoms with Crippen LogP contribution in [0, 0.1) is 11.8 Å². The zero-order chi connectivity index (χ0) is 43.8. The van der Waals surface area contributed by atoms with E-state index in [0.29, 0.717) is 32.5 Å². The summed E-state index contributed by atoms with van der Waals surface area (Å²) in [4.78, 5) is 75.3. The van der Waals surface area contributed by atoms with E-state index in [1.165, 1.54) is 7.11 Å². The lowest BCUT2D eigenvalue weighted by Crippen LogP contribution is -2.54. The van der Waals surface area contributed by atoms with Gasteiger partial charge in [0.2, 0.25) is 11.8 Å². The molecule has 3 fully saturated rings. The van der Waals surface area contributed by atoms with Gasteiger partial charge >= 0.3 is 12.1 Å². The number of nitrogens with one attached hydrogen (secondary N) is 4. The van der Waals surface area contributed by atoms with Crippen LogP contribution in [0.1, 0.15) is 76.1 Å². The third kappa shape index (κ3) is 8.53. The molecule has 0 spiro atoms. The summed E-state index contributed by atoms with van der Waals surface area (Å²) >= 11 is 0. The monoisotopic (exact) mass is 853 g/mol. The van der Waals surface area contributed by atoms with Crippen LogP contribution in [-0.4, -0.2) is 115 Å². The van der Waals surface area contributed by atoms with E-state index in [9.17, 15) is 24.3 Å². The average Bonchev–Trinajstić information content (AvgIpc) is 4.16. The number of fused-ring (bicyclic) bond motifs is 2. The number of carbonyl (C=O) groups is 4. The van der Waals surface area contributed by atoms with Crippen molar-refractivity contribution in [2.45, 2.75) is 82.6 Å². The third-order valence-corrected chi connectivity index (χ3v) is 13.1. The number of benzene rings is 3. The summed E-state index contributed by atoms with van der Waals surface area (Å²) in [6.45, 7) is 5.70. The second kappa shape index (κ2) is 17.7. The van der Waals surface area contributed by atoms with Gasteiger partial charge in [0.05, 0.1) is 48.2 Å². The highest BCUT2D eigenvalue weighted by molar-refractivity contribution is 5.92. The van der Waals surface area contributed by atoms with E-state index in [4.69, 9.17) is 14.7 Å². The number of amides is 5. The van der Waals surface area contributed by atoms with Gasteiger partial charge in [0, 0.05) is 37.7 Å². The Kier molecular flexibility index (Phi) is 11.8. The minimum absolute atomic E-state index is 0.114. The van der Waals surface area contributed by atoms with Gasteiger partial charge < -0.3 is 45.1 Å². The quantitative estimate of drug-likeness (QED) is 0.102. The van der Waals surface area contributed by atoms with Gasteiger partial charge in [-0.15, -0.1) is 0 Å². The Bertz CT molecular complexity index is 2600. The van der Waals surface area contributed by atoms with Crippen LogP contribution in [0.25, 0.3) is 44.2 Å². The van der Waals surface area contributed by atoms with Crippen molar-refractivity contribution < 1.29 is 29.0 Å². The SMILES string of the molecule is COC(=O)NC(C(=O)N1CCCC1c1nc2ccc(-c3ccc4cc(-c5cnc(C6CCCN6C(=O)C(NC(=O)N6CCC(O)C6)C6C=CC=CC6)[nH]5)ccc4c3)cc2[nH]1)C(C)C. The van der Waals surface area contributed by atoms with Crippen molar-refractivity contribution in [3.05, 3.63) is 96.7 Å². The Hall–Kier alpha value is -6.48. The standard InChI is InChI=1S/C48H55N9O6/c1-28(2)41(54-48(62)63-3)45(59)57-21-8-12-40(57)44-50-36-18-17-33(25-37(36)51-44)31-13-14-32-24-34(16-15-30(32)23-31)38-26-49-43(52-38)39-11-7-20-56(39)46(60)42(29-9-5-4-6-10-29)53-47(61)55-22-19-35(58)27-55/h4-6,9,13-18,23-26,28-29,35,39-42,58H,7-8,10-12,19-22,27H2,1-3H3,(H,49,52)(H,50,51)(H,53,61)(H,54,62). The Balaban J connectivity index is 0.898. The predicted molar refractivity (Wildman–Crippen MR) is 239 cm³/mol. The molecule has 3 saturated heterocycles. The van der Waals surface area contributed by atoms with Crippen molar-refractivity contribution in [1.29, 1.82) is 0 Å². The Labute approximate surface area is 366 Å². The molecule has 3 aliphatic heterocycles. The van der Waals surface area contributed by atoms with E-state index in [0.717, 1.165) is 81.5 Å². The fourth-order valence-electron chi connectivity index (χ4n) is 9.65. The maximum absolute atomic E-state index is 14.3. The Morgan fingerprint density at radius 3 is 2.21 bits per heavy atom. The van der Waals surface area contributed by atoms with Crippen LogP contribution < -0.4 is 10.6 Å². The molecule has 5 heterocycles. The van der Waals surface area contributed by atoms with Gasteiger partial charge in [-0.2, -0.15) is 0 Å². The molecule has 6 atom stereocenters. The second-order valence-electron chi connectivity index (χ2n) is 17.6. The highest BCUT2D eigenvalue weighted by Crippen LogP contribution is 2.36. The molecule has 5 amide bonds. The van der Waals surface area contributed by atoms with Crippen LogP contribution >= 0.6 is 0 Å². The number of H-pyrrole nitrogens is 2. The molecule has 328 valence electrons. The summed E-state index contributed by atoms with van der Waals surface area (Å²) in [5, 5.41) is 17.9.